The fourth-order valence-electron chi connectivity index (χ4n) is 1.05. The maximum Gasteiger partial charge on any atom is 0.161 e. The predicted octanol–water partition coefficient (Wildman–Crippen LogP) is 2.33. The number of thiazole rings is 1. The van der Waals surface area contributed by atoms with Gasteiger partial charge in [0.15, 0.2) is 6.29 Å². The van der Waals surface area contributed by atoms with Crippen LogP contribution < -0.4 is 0 Å². The number of rotatable bonds is 2. The first-order valence-corrected chi connectivity index (χ1v) is 4.95. The largest absolute Gasteiger partial charge is 0.297 e. The molecule has 0 amide bonds. The summed E-state index contributed by atoms with van der Waals surface area (Å²) >= 11 is 1.35. The molecule has 0 saturated carbocycles. The summed E-state index contributed by atoms with van der Waals surface area (Å²) in [6.07, 6.45) is 4.15. The van der Waals surface area contributed by atoms with E-state index in [4.69, 9.17) is 0 Å². The van der Waals surface area contributed by atoms with Gasteiger partial charge in [-0.1, -0.05) is 6.07 Å². The second-order valence-electron chi connectivity index (χ2n) is 2.91. The van der Waals surface area contributed by atoms with Crippen molar-refractivity contribution >= 4 is 17.6 Å². The molecule has 0 aliphatic heterocycles. The number of aldehydes is 1. The zero-order valence-electron chi connectivity index (χ0n) is 7.60. The predicted molar refractivity (Wildman–Crippen MR) is 55.5 cm³/mol. The van der Waals surface area contributed by atoms with E-state index >= 15 is 0 Å². The van der Waals surface area contributed by atoms with E-state index in [1.807, 2.05) is 19.1 Å². The molecule has 0 spiro atoms. The van der Waals surface area contributed by atoms with E-state index in [-0.39, 0.29) is 0 Å². The van der Waals surface area contributed by atoms with Gasteiger partial charge in [0.2, 0.25) is 0 Å². The highest BCUT2D eigenvalue weighted by atomic mass is 32.1. The monoisotopic (exact) mass is 204 g/mol. The zero-order valence-corrected chi connectivity index (χ0v) is 8.41. The second kappa shape index (κ2) is 3.67. The highest BCUT2D eigenvalue weighted by molar-refractivity contribution is 7.16. The minimum Gasteiger partial charge on any atom is -0.297 e. The van der Waals surface area contributed by atoms with Crippen molar-refractivity contribution in [2.45, 2.75) is 6.92 Å². The van der Waals surface area contributed by atoms with Gasteiger partial charge < -0.3 is 0 Å². The number of carbonyl (C=O) groups excluding carboxylic acids is 1. The van der Waals surface area contributed by atoms with Gasteiger partial charge in [0.25, 0.3) is 0 Å². The third-order valence-corrected chi connectivity index (χ3v) is 2.72. The summed E-state index contributed by atoms with van der Waals surface area (Å²) in [5, 5.41) is 0.784. The first-order chi connectivity index (χ1) is 6.79. The molecule has 0 aliphatic carbocycles. The van der Waals surface area contributed by atoms with Crippen molar-refractivity contribution in [3.05, 3.63) is 35.0 Å². The third kappa shape index (κ3) is 1.70. The highest BCUT2D eigenvalue weighted by Crippen LogP contribution is 2.22. The Labute approximate surface area is 85.5 Å². The van der Waals surface area contributed by atoms with Crippen molar-refractivity contribution in [1.82, 2.24) is 9.97 Å². The summed E-state index contributed by atoms with van der Waals surface area (Å²) in [4.78, 5) is 19.4. The van der Waals surface area contributed by atoms with E-state index in [0.717, 1.165) is 22.6 Å². The normalized spacial score (nSPS) is 10.1. The van der Waals surface area contributed by atoms with Crippen LogP contribution in [0.3, 0.4) is 0 Å². The molecule has 0 unspecified atom stereocenters. The Morgan fingerprint density at radius 1 is 1.29 bits per heavy atom. The molecule has 2 heterocycles. The molecule has 2 aromatic rings. The third-order valence-electron chi connectivity index (χ3n) is 1.77. The Bertz CT molecular complexity index is 447. The van der Waals surface area contributed by atoms with E-state index in [1.54, 1.807) is 12.4 Å². The van der Waals surface area contributed by atoms with Crippen molar-refractivity contribution in [1.29, 1.82) is 0 Å². The van der Waals surface area contributed by atoms with Crippen LogP contribution in [-0.4, -0.2) is 16.3 Å². The SMILES string of the molecule is Cc1ccc(-c2ncc(C=O)s2)nc1. The smallest absolute Gasteiger partial charge is 0.161 e. The lowest BCUT2D eigenvalue weighted by Crippen LogP contribution is -1.81. The average molecular weight is 204 g/mol. The van der Waals surface area contributed by atoms with Gasteiger partial charge in [-0.2, -0.15) is 0 Å². The molecule has 70 valence electrons. The molecule has 3 nitrogen and oxygen atoms in total. The van der Waals surface area contributed by atoms with Crippen LogP contribution in [-0.2, 0) is 0 Å². The van der Waals surface area contributed by atoms with Crippen LogP contribution in [0.1, 0.15) is 15.2 Å². The molecule has 2 aromatic heterocycles. The highest BCUT2D eigenvalue weighted by Gasteiger charge is 2.04. The summed E-state index contributed by atoms with van der Waals surface area (Å²) in [5.74, 6) is 0. The Kier molecular flexibility index (Phi) is 2.37. The molecule has 14 heavy (non-hydrogen) atoms. The van der Waals surface area contributed by atoms with Gasteiger partial charge in [-0.05, 0) is 18.6 Å². The van der Waals surface area contributed by atoms with E-state index < -0.39 is 0 Å². The fourth-order valence-corrected chi connectivity index (χ4v) is 1.76. The van der Waals surface area contributed by atoms with Gasteiger partial charge in [0.05, 0.1) is 10.6 Å². The van der Waals surface area contributed by atoms with Crippen molar-refractivity contribution in [2.75, 3.05) is 0 Å². The lowest BCUT2D eigenvalue weighted by molar-refractivity contribution is 0.112. The minimum atomic E-state index is 0.627. The van der Waals surface area contributed by atoms with E-state index in [1.165, 1.54) is 11.3 Å². The second-order valence-corrected chi connectivity index (χ2v) is 3.97. The quantitative estimate of drug-likeness (QED) is 0.705. The van der Waals surface area contributed by atoms with Gasteiger partial charge >= 0.3 is 0 Å². The van der Waals surface area contributed by atoms with Gasteiger partial charge in [-0.15, -0.1) is 11.3 Å². The molecular weight excluding hydrogens is 196 g/mol. The number of hydrogen-bond acceptors (Lipinski definition) is 4. The topological polar surface area (TPSA) is 42.9 Å². The average Bonchev–Trinajstić information content (AvgIpc) is 2.67. The summed E-state index contributed by atoms with van der Waals surface area (Å²) in [5.41, 5.74) is 1.93. The molecular formula is C10H8N2OS. The first kappa shape index (κ1) is 9.02. The number of nitrogens with zero attached hydrogens (tertiary/aromatic N) is 2. The Morgan fingerprint density at radius 2 is 2.14 bits per heavy atom. The number of aromatic nitrogens is 2. The van der Waals surface area contributed by atoms with Gasteiger partial charge in [0, 0.05) is 12.4 Å². The molecule has 4 heteroatoms. The standard InChI is InChI=1S/C10H8N2OS/c1-7-2-3-9(11-4-7)10-12-5-8(6-13)14-10/h2-6H,1H3. The number of carbonyl (C=O) groups is 1. The molecule has 0 N–H and O–H groups in total. The van der Waals surface area contributed by atoms with Gasteiger partial charge in [0.1, 0.15) is 5.01 Å². The summed E-state index contributed by atoms with van der Waals surface area (Å²) in [6.45, 7) is 1.98. The Hall–Kier alpha value is -1.55. The summed E-state index contributed by atoms with van der Waals surface area (Å²) < 4.78 is 0. The van der Waals surface area contributed by atoms with Crippen LogP contribution in [0.4, 0.5) is 0 Å². The zero-order chi connectivity index (χ0) is 9.97. The van der Waals surface area contributed by atoms with Crippen LogP contribution in [0.2, 0.25) is 0 Å². The maximum absolute atomic E-state index is 10.5. The molecule has 0 aliphatic rings. The molecule has 0 bridgehead atoms. The van der Waals surface area contributed by atoms with Crippen molar-refractivity contribution in [2.24, 2.45) is 0 Å². The van der Waals surface area contributed by atoms with Crippen LogP contribution in [0.5, 0.6) is 0 Å². The molecule has 0 atom stereocenters. The lowest BCUT2D eigenvalue weighted by Gasteiger charge is -1.94. The summed E-state index contributed by atoms with van der Waals surface area (Å²) in [6, 6.07) is 3.88. The van der Waals surface area contributed by atoms with Crippen LogP contribution in [0.25, 0.3) is 10.7 Å². The molecule has 0 aromatic carbocycles. The maximum atomic E-state index is 10.5. The van der Waals surface area contributed by atoms with Crippen LogP contribution in [0.15, 0.2) is 24.5 Å². The van der Waals surface area contributed by atoms with E-state index in [9.17, 15) is 4.79 Å². The number of pyridine rings is 1. The van der Waals surface area contributed by atoms with E-state index in [2.05, 4.69) is 9.97 Å². The Balaban J connectivity index is 2.39. The van der Waals surface area contributed by atoms with Crippen molar-refractivity contribution in [3.63, 3.8) is 0 Å². The summed E-state index contributed by atoms with van der Waals surface area (Å²) in [7, 11) is 0. The van der Waals surface area contributed by atoms with Crippen molar-refractivity contribution < 1.29 is 4.79 Å². The van der Waals surface area contributed by atoms with Gasteiger partial charge in [-0.3, -0.25) is 9.78 Å². The number of aryl methyl sites for hydroxylation is 1. The fraction of sp³-hybridized carbons (Fsp3) is 0.100. The minimum absolute atomic E-state index is 0.627. The van der Waals surface area contributed by atoms with Crippen molar-refractivity contribution in [3.8, 4) is 10.7 Å². The Morgan fingerprint density at radius 3 is 2.71 bits per heavy atom. The molecule has 2 rings (SSSR count). The molecule has 0 radical (unpaired) electrons. The first-order valence-electron chi connectivity index (χ1n) is 4.13. The van der Waals surface area contributed by atoms with Crippen LogP contribution >= 0.6 is 11.3 Å². The molecule has 0 saturated heterocycles. The number of hydrogen-bond donors (Lipinski definition) is 0. The van der Waals surface area contributed by atoms with E-state index in [0.29, 0.717) is 4.88 Å². The van der Waals surface area contributed by atoms with Crippen LogP contribution in [0, 0.1) is 6.92 Å². The molecule has 0 fully saturated rings. The van der Waals surface area contributed by atoms with Gasteiger partial charge in [-0.25, -0.2) is 4.98 Å². The lowest BCUT2D eigenvalue weighted by atomic mass is 10.3.